The van der Waals surface area contributed by atoms with Crippen molar-refractivity contribution in [1.82, 2.24) is 14.3 Å². The second-order valence-corrected chi connectivity index (χ2v) is 9.48. The van der Waals surface area contributed by atoms with E-state index in [1.54, 1.807) is 0 Å². The molecule has 9 nitrogen and oxygen atoms in total. The van der Waals surface area contributed by atoms with E-state index in [0.29, 0.717) is 25.9 Å². The van der Waals surface area contributed by atoms with Gasteiger partial charge in [0.25, 0.3) is 0 Å². The molecule has 1 aliphatic heterocycles. The summed E-state index contributed by atoms with van der Waals surface area (Å²) < 4.78 is 58.7. The molecular formula is C20H22ClF2N5O4S. The summed E-state index contributed by atoms with van der Waals surface area (Å²) in [6.45, 7) is 0.613. The summed E-state index contributed by atoms with van der Waals surface area (Å²) >= 11 is 5.41. The zero-order valence-corrected chi connectivity index (χ0v) is 19.2. The maximum Gasteiger partial charge on any atom is 0.224 e. The fourth-order valence-electron chi connectivity index (χ4n) is 3.41. The minimum absolute atomic E-state index is 0.123. The Kier molecular flexibility index (Phi) is 7.82. The lowest BCUT2D eigenvalue weighted by atomic mass is 10.0. The van der Waals surface area contributed by atoms with Crippen LogP contribution in [0.25, 0.3) is 0 Å². The number of hydrogen-bond acceptors (Lipinski definition) is 8. The van der Waals surface area contributed by atoms with Gasteiger partial charge in [0.2, 0.25) is 21.8 Å². The van der Waals surface area contributed by atoms with Gasteiger partial charge in [-0.15, -0.1) is 0 Å². The first-order valence-electron chi connectivity index (χ1n) is 9.86. The zero-order chi connectivity index (χ0) is 24.2. The average Bonchev–Trinajstić information content (AvgIpc) is 2.79. The molecule has 178 valence electrons. The van der Waals surface area contributed by atoms with Crippen molar-refractivity contribution in [2.75, 3.05) is 37.0 Å². The number of nitrogen functional groups attached to an aromatic ring is 1. The Bertz CT molecular complexity index is 1170. The van der Waals surface area contributed by atoms with Gasteiger partial charge < -0.3 is 15.8 Å². The summed E-state index contributed by atoms with van der Waals surface area (Å²) in [6, 6.07) is 1.86. The van der Waals surface area contributed by atoms with E-state index in [1.807, 2.05) is 0 Å². The van der Waals surface area contributed by atoms with Gasteiger partial charge in [0.15, 0.2) is 11.6 Å². The molecule has 33 heavy (non-hydrogen) atoms. The molecule has 2 aromatic rings. The number of anilines is 2. The standard InChI is InChI=1S/C20H22ClF2N5O4S/c1-32-15-4-3-14(22)17(23)16(15)18(29)13-11-25-20(27-19(13)24)26-12-5-8-28(9-6-12)33(30,31)10-2-7-21/h2-4,7,11-12H,5-6,8-10H2,1H3,(H3,24,25,26,27)/b7-2+. The van der Waals surface area contributed by atoms with Crippen LogP contribution in [0.4, 0.5) is 20.5 Å². The van der Waals surface area contributed by atoms with Crippen molar-refractivity contribution < 1.29 is 26.7 Å². The normalized spacial score (nSPS) is 15.6. The van der Waals surface area contributed by atoms with Crippen LogP contribution in [0.15, 0.2) is 29.9 Å². The number of methoxy groups -OCH3 is 1. The lowest BCUT2D eigenvalue weighted by Crippen LogP contribution is -2.43. The molecule has 3 rings (SSSR count). The van der Waals surface area contributed by atoms with Gasteiger partial charge in [0.05, 0.1) is 18.4 Å². The second-order valence-electron chi connectivity index (χ2n) is 7.22. The van der Waals surface area contributed by atoms with E-state index in [9.17, 15) is 22.0 Å². The van der Waals surface area contributed by atoms with E-state index in [1.165, 1.54) is 23.0 Å². The Hall–Kier alpha value is -2.83. The van der Waals surface area contributed by atoms with E-state index in [2.05, 4.69) is 15.3 Å². The summed E-state index contributed by atoms with van der Waals surface area (Å²) in [5, 5.41) is 3.06. The van der Waals surface area contributed by atoms with E-state index in [4.69, 9.17) is 22.1 Å². The molecule has 0 spiro atoms. The molecule has 0 bridgehead atoms. The molecule has 1 aliphatic rings. The largest absolute Gasteiger partial charge is 0.496 e. The molecule has 0 unspecified atom stereocenters. The first-order valence-corrected chi connectivity index (χ1v) is 11.9. The highest BCUT2D eigenvalue weighted by atomic mass is 35.5. The van der Waals surface area contributed by atoms with Crippen molar-refractivity contribution >= 4 is 39.2 Å². The van der Waals surface area contributed by atoms with Crippen molar-refractivity contribution in [1.29, 1.82) is 0 Å². The Morgan fingerprint density at radius 2 is 2.06 bits per heavy atom. The summed E-state index contributed by atoms with van der Waals surface area (Å²) in [4.78, 5) is 20.9. The molecule has 0 amide bonds. The van der Waals surface area contributed by atoms with Crippen LogP contribution in [-0.4, -0.2) is 60.5 Å². The van der Waals surface area contributed by atoms with Crippen LogP contribution in [0, 0.1) is 11.6 Å². The first-order chi connectivity index (χ1) is 15.7. The van der Waals surface area contributed by atoms with E-state index < -0.39 is 33.0 Å². The number of rotatable bonds is 8. The molecule has 13 heteroatoms. The monoisotopic (exact) mass is 501 g/mol. The number of ketones is 1. The van der Waals surface area contributed by atoms with Crippen LogP contribution < -0.4 is 15.8 Å². The Labute approximate surface area is 194 Å². The molecule has 1 saturated heterocycles. The molecule has 2 heterocycles. The van der Waals surface area contributed by atoms with Gasteiger partial charge in [-0.1, -0.05) is 17.7 Å². The third-order valence-electron chi connectivity index (χ3n) is 5.14. The highest BCUT2D eigenvalue weighted by Crippen LogP contribution is 2.28. The number of benzene rings is 1. The Balaban J connectivity index is 1.70. The predicted octanol–water partition coefficient (Wildman–Crippen LogP) is 2.54. The van der Waals surface area contributed by atoms with Crippen LogP contribution >= 0.6 is 11.6 Å². The number of carbonyl (C=O) groups excluding carboxylic acids is 1. The fraction of sp³-hybridized carbons (Fsp3) is 0.350. The highest BCUT2D eigenvalue weighted by molar-refractivity contribution is 7.89. The fourth-order valence-corrected chi connectivity index (χ4v) is 4.93. The van der Waals surface area contributed by atoms with Gasteiger partial charge in [0.1, 0.15) is 17.1 Å². The predicted molar refractivity (Wildman–Crippen MR) is 120 cm³/mol. The quantitative estimate of drug-likeness (QED) is 0.528. The van der Waals surface area contributed by atoms with Crippen molar-refractivity contribution in [2.45, 2.75) is 18.9 Å². The van der Waals surface area contributed by atoms with Gasteiger partial charge in [-0.25, -0.2) is 26.5 Å². The van der Waals surface area contributed by atoms with Crippen LogP contribution in [0.3, 0.4) is 0 Å². The molecule has 0 saturated carbocycles. The first kappa shape index (κ1) is 24.8. The molecule has 3 N–H and O–H groups in total. The van der Waals surface area contributed by atoms with Gasteiger partial charge >= 0.3 is 0 Å². The topological polar surface area (TPSA) is 128 Å². The Morgan fingerprint density at radius 1 is 1.36 bits per heavy atom. The summed E-state index contributed by atoms with van der Waals surface area (Å²) in [5.74, 6) is -3.90. The minimum atomic E-state index is -3.42. The van der Waals surface area contributed by atoms with Gasteiger partial charge in [0, 0.05) is 30.9 Å². The smallest absolute Gasteiger partial charge is 0.224 e. The number of nitrogens with zero attached hydrogens (tertiary/aromatic N) is 3. The molecule has 0 aliphatic carbocycles. The summed E-state index contributed by atoms with van der Waals surface area (Å²) in [6.07, 6.45) is 3.49. The molecule has 1 aromatic heterocycles. The molecule has 1 aromatic carbocycles. The van der Waals surface area contributed by atoms with E-state index >= 15 is 0 Å². The van der Waals surface area contributed by atoms with E-state index in [-0.39, 0.29) is 34.9 Å². The maximum absolute atomic E-state index is 14.3. The lowest BCUT2D eigenvalue weighted by molar-refractivity contribution is 0.103. The van der Waals surface area contributed by atoms with Gasteiger partial charge in [-0.05, 0) is 25.0 Å². The zero-order valence-electron chi connectivity index (χ0n) is 17.6. The van der Waals surface area contributed by atoms with Crippen LogP contribution in [-0.2, 0) is 10.0 Å². The third kappa shape index (κ3) is 5.57. The van der Waals surface area contributed by atoms with Crippen molar-refractivity contribution in [2.24, 2.45) is 0 Å². The molecule has 0 radical (unpaired) electrons. The van der Waals surface area contributed by atoms with Crippen molar-refractivity contribution in [3.63, 3.8) is 0 Å². The number of ether oxygens (including phenoxy) is 1. The number of nitrogens with two attached hydrogens (primary N) is 1. The van der Waals surface area contributed by atoms with Crippen LogP contribution in [0.1, 0.15) is 28.8 Å². The number of hydrogen-bond donors (Lipinski definition) is 2. The molecule has 1 fully saturated rings. The number of aromatic nitrogens is 2. The highest BCUT2D eigenvalue weighted by Gasteiger charge is 2.28. The summed E-state index contributed by atoms with van der Waals surface area (Å²) in [7, 11) is -2.20. The number of halogens is 3. The SMILES string of the molecule is COc1ccc(F)c(F)c1C(=O)c1cnc(NC2CCN(S(=O)(=O)C/C=C/Cl)CC2)nc1N. The molecule has 0 atom stereocenters. The number of nitrogens with one attached hydrogen (secondary N) is 1. The second kappa shape index (κ2) is 10.4. The third-order valence-corrected chi connectivity index (χ3v) is 7.09. The lowest BCUT2D eigenvalue weighted by Gasteiger charge is -2.31. The van der Waals surface area contributed by atoms with Gasteiger partial charge in [-0.3, -0.25) is 4.79 Å². The molecular weight excluding hydrogens is 480 g/mol. The number of sulfonamides is 1. The Morgan fingerprint density at radius 3 is 2.67 bits per heavy atom. The van der Waals surface area contributed by atoms with Gasteiger partial charge in [-0.2, -0.15) is 4.98 Å². The number of carbonyl (C=O) groups is 1. The average molecular weight is 502 g/mol. The van der Waals surface area contributed by atoms with E-state index in [0.717, 1.165) is 18.3 Å². The van der Waals surface area contributed by atoms with Crippen molar-refractivity contribution in [3.8, 4) is 5.75 Å². The number of piperidine rings is 1. The summed E-state index contributed by atoms with van der Waals surface area (Å²) in [5.41, 5.74) is 6.25. The maximum atomic E-state index is 14.3. The minimum Gasteiger partial charge on any atom is -0.496 e. The van der Waals surface area contributed by atoms with Crippen LogP contribution in [0.5, 0.6) is 5.75 Å². The van der Waals surface area contributed by atoms with Crippen LogP contribution in [0.2, 0.25) is 0 Å². The van der Waals surface area contributed by atoms with Crippen molar-refractivity contribution in [3.05, 3.63) is 52.7 Å².